The van der Waals surface area contributed by atoms with Gasteiger partial charge in [0.05, 0.1) is 0 Å². The molecule has 18 heavy (non-hydrogen) atoms. The molecule has 4 heteroatoms. The average Bonchev–Trinajstić information content (AvgIpc) is 3.04. The molecule has 2 aromatic heterocycles. The normalized spacial score (nSPS) is 15.2. The summed E-state index contributed by atoms with van der Waals surface area (Å²) in [6, 6.07) is 0. The van der Waals surface area contributed by atoms with E-state index in [1.165, 1.54) is 12.8 Å². The van der Waals surface area contributed by atoms with Crippen molar-refractivity contribution in [3.05, 3.63) is 30.8 Å². The van der Waals surface area contributed by atoms with Crippen LogP contribution in [0.15, 0.2) is 23.9 Å². The summed E-state index contributed by atoms with van der Waals surface area (Å²) in [7, 11) is 0. The Morgan fingerprint density at radius 3 is 2.61 bits per heavy atom. The fourth-order valence-electron chi connectivity index (χ4n) is 2.43. The third-order valence-corrected chi connectivity index (χ3v) is 3.31. The molecule has 92 valence electrons. The van der Waals surface area contributed by atoms with E-state index < -0.39 is 0 Å². The van der Waals surface area contributed by atoms with E-state index in [1.807, 2.05) is 0 Å². The van der Waals surface area contributed by atoms with Crippen molar-refractivity contribution in [1.82, 2.24) is 9.97 Å². The van der Waals surface area contributed by atoms with Crippen LogP contribution in [-0.2, 0) is 0 Å². The Morgan fingerprint density at radius 2 is 1.94 bits per heavy atom. The highest BCUT2D eigenvalue weighted by atomic mass is 16.3. The Hall–Kier alpha value is -2.10. The van der Waals surface area contributed by atoms with Gasteiger partial charge in [0.2, 0.25) is 0 Å². The fraction of sp³-hybridized carbons (Fsp3) is 0.286. The number of hydrogen-bond acceptors (Lipinski definition) is 4. The summed E-state index contributed by atoms with van der Waals surface area (Å²) in [5, 5.41) is 0. The highest BCUT2D eigenvalue weighted by molar-refractivity contribution is 5.93. The molecule has 0 amide bonds. The van der Waals surface area contributed by atoms with Crippen LogP contribution in [0, 0.1) is 0 Å². The van der Waals surface area contributed by atoms with Crippen LogP contribution in [0.25, 0.3) is 23.3 Å². The molecule has 0 atom stereocenters. The van der Waals surface area contributed by atoms with Crippen molar-refractivity contribution in [2.45, 2.75) is 12.8 Å². The van der Waals surface area contributed by atoms with E-state index >= 15 is 0 Å². The van der Waals surface area contributed by atoms with E-state index in [-0.39, 0.29) is 0 Å². The van der Waals surface area contributed by atoms with Crippen molar-refractivity contribution >= 4 is 29.1 Å². The first-order valence-electron chi connectivity index (χ1n) is 6.12. The van der Waals surface area contributed by atoms with Gasteiger partial charge in [0.1, 0.15) is 17.6 Å². The van der Waals surface area contributed by atoms with Crippen LogP contribution in [0.1, 0.15) is 24.2 Å². The van der Waals surface area contributed by atoms with Crippen LogP contribution in [0.2, 0.25) is 0 Å². The molecule has 0 spiro atoms. The maximum Gasteiger partial charge on any atom is 0.196 e. The van der Waals surface area contributed by atoms with Gasteiger partial charge in [-0.25, -0.2) is 9.97 Å². The van der Waals surface area contributed by atoms with Gasteiger partial charge in [-0.2, -0.15) is 0 Å². The molecule has 0 saturated carbocycles. The Bertz CT molecular complexity index is 609. The number of rotatable bonds is 3. The SMILES string of the molecule is C=Cc1oc2c(N3CCCC3)ncnc2c1C=C. The predicted molar refractivity (Wildman–Crippen MR) is 73.4 cm³/mol. The van der Waals surface area contributed by atoms with Gasteiger partial charge in [0, 0.05) is 18.7 Å². The van der Waals surface area contributed by atoms with Gasteiger partial charge in [-0.15, -0.1) is 0 Å². The number of nitrogens with zero attached hydrogens (tertiary/aromatic N) is 3. The third-order valence-electron chi connectivity index (χ3n) is 3.31. The minimum atomic E-state index is 0.709. The number of anilines is 1. The first kappa shape index (κ1) is 11.0. The molecule has 0 N–H and O–H groups in total. The summed E-state index contributed by atoms with van der Waals surface area (Å²) in [4.78, 5) is 10.9. The molecule has 0 radical (unpaired) electrons. The minimum Gasteiger partial charge on any atom is -0.450 e. The van der Waals surface area contributed by atoms with Crippen LogP contribution < -0.4 is 4.90 Å². The number of aromatic nitrogens is 2. The molecule has 1 saturated heterocycles. The second-order valence-corrected chi connectivity index (χ2v) is 4.36. The number of furan rings is 1. The summed E-state index contributed by atoms with van der Waals surface area (Å²) in [5.74, 6) is 1.59. The van der Waals surface area contributed by atoms with Crippen LogP contribution in [0.3, 0.4) is 0 Å². The lowest BCUT2D eigenvalue weighted by Crippen LogP contribution is -2.19. The van der Waals surface area contributed by atoms with Gasteiger partial charge in [-0.3, -0.25) is 0 Å². The van der Waals surface area contributed by atoms with E-state index in [4.69, 9.17) is 4.42 Å². The van der Waals surface area contributed by atoms with Crippen molar-refractivity contribution in [2.24, 2.45) is 0 Å². The van der Waals surface area contributed by atoms with E-state index in [1.54, 1.807) is 18.5 Å². The predicted octanol–water partition coefficient (Wildman–Crippen LogP) is 3.11. The van der Waals surface area contributed by atoms with E-state index in [0.29, 0.717) is 5.76 Å². The average molecular weight is 241 g/mol. The Labute approximate surface area is 106 Å². The number of hydrogen-bond donors (Lipinski definition) is 0. The zero-order chi connectivity index (χ0) is 12.5. The van der Waals surface area contributed by atoms with Gasteiger partial charge in [0.25, 0.3) is 0 Å². The van der Waals surface area contributed by atoms with Gasteiger partial charge >= 0.3 is 0 Å². The zero-order valence-corrected chi connectivity index (χ0v) is 10.2. The second kappa shape index (κ2) is 4.29. The summed E-state index contributed by atoms with van der Waals surface area (Å²) < 4.78 is 5.83. The lowest BCUT2D eigenvalue weighted by Gasteiger charge is -2.15. The largest absolute Gasteiger partial charge is 0.450 e. The molecule has 0 aromatic carbocycles. The molecule has 3 heterocycles. The molecular formula is C14H15N3O. The van der Waals surface area contributed by atoms with Crippen LogP contribution in [0.5, 0.6) is 0 Å². The third kappa shape index (κ3) is 1.53. The van der Waals surface area contributed by atoms with Crippen LogP contribution in [-0.4, -0.2) is 23.1 Å². The lowest BCUT2D eigenvalue weighted by molar-refractivity contribution is 0.600. The Morgan fingerprint density at radius 1 is 1.17 bits per heavy atom. The zero-order valence-electron chi connectivity index (χ0n) is 10.2. The van der Waals surface area contributed by atoms with Crippen LogP contribution >= 0.6 is 0 Å². The van der Waals surface area contributed by atoms with Gasteiger partial charge in [-0.05, 0) is 18.9 Å². The standard InChI is InChI=1S/C14H15N3O/c1-3-10-11(4-2)18-13-12(10)15-9-16-14(13)17-7-5-6-8-17/h3-4,9H,1-2,5-8H2. The van der Waals surface area contributed by atoms with Crippen molar-refractivity contribution in [3.63, 3.8) is 0 Å². The Kier molecular flexibility index (Phi) is 2.63. The topological polar surface area (TPSA) is 42.2 Å². The molecule has 1 fully saturated rings. The molecule has 4 nitrogen and oxygen atoms in total. The van der Waals surface area contributed by atoms with Crippen molar-refractivity contribution in [1.29, 1.82) is 0 Å². The summed E-state index contributed by atoms with van der Waals surface area (Å²) in [6.45, 7) is 9.62. The molecule has 3 rings (SSSR count). The molecule has 1 aliphatic heterocycles. The van der Waals surface area contributed by atoms with Gasteiger partial charge in [-0.1, -0.05) is 19.2 Å². The van der Waals surface area contributed by atoms with Crippen LogP contribution in [0.4, 0.5) is 5.82 Å². The van der Waals surface area contributed by atoms with E-state index in [0.717, 1.165) is 35.6 Å². The van der Waals surface area contributed by atoms with E-state index in [9.17, 15) is 0 Å². The van der Waals surface area contributed by atoms with Crippen molar-refractivity contribution in [3.8, 4) is 0 Å². The Balaban J connectivity index is 2.24. The highest BCUT2D eigenvalue weighted by Gasteiger charge is 2.21. The molecule has 0 unspecified atom stereocenters. The first-order valence-corrected chi connectivity index (χ1v) is 6.12. The number of fused-ring (bicyclic) bond motifs is 1. The molecule has 1 aliphatic rings. The minimum absolute atomic E-state index is 0.709. The molecule has 0 aliphatic carbocycles. The first-order chi connectivity index (χ1) is 8.85. The lowest BCUT2D eigenvalue weighted by atomic mass is 10.2. The maximum atomic E-state index is 5.83. The summed E-state index contributed by atoms with van der Waals surface area (Å²) in [6.07, 6.45) is 7.44. The van der Waals surface area contributed by atoms with E-state index in [2.05, 4.69) is 28.0 Å². The van der Waals surface area contributed by atoms with Crippen molar-refractivity contribution < 1.29 is 4.42 Å². The summed E-state index contributed by atoms with van der Waals surface area (Å²) >= 11 is 0. The molecule has 2 aromatic rings. The smallest absolute Gasteiger partial charge is 0.196 e. The van der Waals surface area contributed by atoms with Crippen molar-refractivity contribution in [2.75, 3.05) is 18.0 Å². The van der Waals surface area contributed by atoms with Gasteiger partial charge < -0.3 is 9.32 Å². The quantitative estimate of drug-likeness (QED) is 0.828. The molecule has 0 bridgehead atoms. The monoisotopic (exact) mass is 241 g/mol. The highest BCUT2D eigenvalue weighted by Crippen LogP contribution is 2.32. The van der Waals surface area contributed by atoms with Gasteiger partial charge in [0.15, 0.2) is 11.4 Å². The fourth-order valence-corrected chi connectivity index (χ4v) is 2.43. The maximum absolute atomic E-state index is 5.83. The second-order valence-electron chi connectivity index (χ2n) is 4.36. The molecular weight excluding hydrogens is 226 g/mol. The summed E-state index contributed by atoms with van der Waals surface area (Å²) in [5.41, 5.74) is 2.45.